The van der Waals surface area contributed by atoms with E-state index in [-0.39, 0.29) is 0 Å². The Bertz CT molecular complexity index is 9710. The van der Waals surface area contributed by atoms with Crippen LogP contribution in [-0.2, 0) is 0 Å². The molecule has 0 N–H and O–H groups in total. The molecule has 0 aliphatic heterocycles. The number of benzene rings is 23. The van der Waals surface area contributed by atoms with E-state index in [2.05, 4.69) is 549 Å². The van der Waals surface area contributed by atoms with Crippen LogP contribution in [0.15, 0.2) is 522 Å². The molecule has 0 fully saturated rings. The zero-order chi connectivity index (χ0) is 90.8. The molecule has 644 valence electrons. The van der Waals surface area contributed by atoms with Crippen LogP contribution < -0.4 is 0 Å². The molecule has 0 spiro atoms. The molecule has 0 bridgehead atoms. The number of nitrogens with zero attached hydrogens (tertiary/aromatic N) is 6. The second-order valence-corrected chi connectivity index (χ2v) is 36.3. The Morgan fingerprint density at radius 2 is 0.268 bits per heavy atom. The first kappa shape index (κ1) is 79.4. The quantitative estimate of drug-likeness (QED) is 0.124. The molecule has 0 atom stereocenters. The van der Waals surface area contributed by atoms with E-state index in [4.69, 9.17) is 0 Å². The first-order valence-corrected chi connectivity index (χ1v) is 47.5. The molecule has 0 radical (unpaired) electrons. The fourth-order valence-electron chi connectivity index (χ4n) is 22.0. The van der Waals surface area contributed by atoms with Crippen molar-refractivity contribution in [2.45, 2.75) is 0 Å². The fraction of sp³-hybridized carbons (Fsp3) is 0. The first-order chi connectivity index (χ1) is 68.4. The summed E-state index contributed by atoms with van der Waals surface area (Å²) >= 11 is 0. The van der Waals surface area contributed by atoms with Crippen LogP contribution >= 0.6 is 0 Å². The average Bonchev–Trinajstić information content (AvgIpc) is 1.59. The van der Waals surface area contributed by atoms with Crippen LogP contribution in [0.2, 0.25) is 0 Å². The zero-order valence-electron chi connectivity index (χ0n) is 75.3. The zero-order valence-corrected chi connectivity index (χ0v) is 75.3. The molecule has 0 amide bonds. The van der Waals surface area contributed by atoms with Crippen LogP contribution in [0.25, 0.3) is 253 Å². The van der Waals surface area contributed by atoms with Gasteiger partial charge in [-0.15, -0.1) is 0 Å². The number of para-hydroxylation sites is 7. The molecule has 0 saturated carbocycles. The molecule has 0 saturated heterocycles. The molecule has 29 rings (SSSR count). The van der Waals surface area contributed by atoms with Crippen LogP contribution in [0.1, 0.15) is 0 Å². The smallest absolute Gasteiger partial charge is 0.0541 e. The van der Waals surface area contributed by atoms with Gasteiger partial charge in [0.25, 0.3) is 0 Å². The molecule has 6 nitrogen and oxygen atoms in total. The van der Waals surface area contributed by atoms with E-state index < -0.39 is 0 Å². The van der Waals surface area contributed by atoms with E-state index in [0.717, 1.165) is 0 Å². The topological polar surface area (TPSA) is 29.6 Å². The maximum Gasteiger partial charge on any atom is 0.0541 e. The minimum absolute atomic E-state index is 1.17. The Hall–Kier alpha value is -18.4. The minimum Gasteiger partial charge on any atom is -0.309 e. The van der Waals surface area contributed by atoms with E-state index in [9.17, 15) is 0 Å². The fourth-order valence-corrected chi connectivity index (χ4v) is 22.0. The molecular weight excluding hydrogens is 1670 g/mol. The maximum atomic E-state index is 2.40. The molecule has 138 heavy (non-hydrogen) atoms. The van der Waals surface area contributed by atoms with E-state index in [1.807, 2.05) is 0 Å². The highest BCUT2D eigenvalue weighted by Crippen LogP contribution is 2.46. The van der Waals surface area contributed by atoms with Gasteiger partial charge in [0, 0.05) is 98.8 Å². The third kappa shape index (κ3) is 13.4. The second-order valence-electron chi connectivity index (χ2n) is 36.3. The van der Waals surface area contributed by atoms with Gasteiger partial charge in [-0.25, -0.2) is 0 Å². The van der Waals surface area contributed by atoms with Crippen molar-refractivity contribution in [3.63, 3.8) is 0 Å². The maximum absolute atomic E-state index is 2.40. The molecule has 6 heteroatoms. The first-order valence-electron chi connectivity index (χ1n) is 47.5. The van der Waals surface area contributed by atoms with Crippen LogP contribution in [0.3, 0.4) is 0 Å². The van der Waals surface area contributed by atoms with Crippen molar-refractivity contribution in [3.05, 3.63) is 522 Å². The monoisotopic (exact) mass is 1750 g/mol. The highest BCUT2D eigenvalue weighted by molar-refractivity contribution is 6.18. The van der Waals surface area contributed by atoms with Crippen LogP contribution in [0.5, 0.6) is 0 Å². The van der Waals surface area contributed by atoms with Gasteiger partial charge in [0.15, 0.2) is 0 Å². The van der Waals surface area contributed by atoms with Crippen molar-refractivity contribution in [3.8, 4) is 89.8 Å². The average molecular weight is 1760 g/mol. The second kappa shape index (κ2) is 32.8. The summed E-state index contributed by atoms with van der Waals surface area (Å²) < 4.78 is 14.4. The predicted molar refractivity (Wildman–Crippen MR) is 585 cm³/mol. The largest absolute Gasteiger partial charge is 0.309 e. The predicted octanol–water partition coefficient (Wildman–Crippen LogP) is 35.4. The molecule has 6 aromatic heterocycles. The third-order valence-electron chi connectivity index (χ3n) is 28.5. The van der Waals surface area contributed by atoms with Crippen LogP contribution in [-0.4, -0.2) is 27.4 Å². The standard InChI is InChI=1S/C46H30N2.C44H28N2.C42H28N2/c1-2-11-31(12-3-1)34-15-10-16-37(27-34)47-43-19-8-6-17-39(43)41-29-35(22-25-45(41)47)36-23-26-46-42(30-36)40-18-7-9-20-44(40)48(46)38-24-21-32-13-4-5-14-33(32)28-38;1-3-11-31-25-35(21-17-29(31)9-1)45-41-15-7-5-13-37(41)39-27-33(19-23-43(39)45)34-20-24-44-40(28-34)38-14-6-8-16-42(38)46(44)36-22-18-30-10-2-4-12-32(30)26-36;1-3-11-29(12-4-1)30-19-23-34(24-20-30)44-40-18-10-8-16-36(40)38-28-32(22-26-42(38)44)31-21-25-41-37(27-31)35-15-7-9-17-39(35)43(41)33-13-5-2-6-14-33/h1-30H;1-28H;1-28H. The molecular formula is C132H86N6. The van der Waals surface area contributed by atoms with Gasteiger partial charge in [0.1, 0.15) is 0 Å². The van der Waals surface area contributed by atoms with Crippen molar-refractivity contribution in [1.82, 2.24) is 27.4 Å². The lowest BCUT2D eigenvalue weighted by Gasteiger charge is -2.11. The van der Waals surface area contributed by atoms with E-state index >= 15 is 0 Å². The van der Waals surface area contributed by atoms with Gasteiger partial charge in [0.2, 0.25) is 0 Å². The summed E-state index contributed by atoms with van der Waals surface area (Å²) in [6.07, 6.45) is 0. The Morgan fingerprint density at radius 3 is 0.565 bits per heavy atom. The minimum atomic E-state index is 1.17. The summed E-state index contributed by atoms with van der Waals surface area (Å²) in [5, 5.41) is 22.7. The number of hydrogen-bond acceptors (Lipinski definition) is 0. The Labute approximate surface area is 796 Å². The van der Waals surface area contributed by atoms with Gasteiger partial charge in [-0.1, -0.05) is 340 Å². The van der Waals surface area contributed by atoms with Gasteiger partial charge >= 0.3 is 0 Å². The lowest BCUT2D eigenvalue weighted by molar-refractivity contribution is 1.18. The van der Waals surface area contributed by atoms with E-state index in [1.54, 1.807) is 0 Å². The molecule has 23 aromatic carbocycles. The summed E-state index contributed by atoms with van der Waals surface area (Å²) in [6.45, 7) is 0. The van der Waals surface area contributed by atoms with Crippen molar-refractivity contribution in [2.24, 2.45) is 0 Å². The number of rotatable bonds is 11. The van der Waals surface area contributed by atoms with Crippen molar-refractivity contribution in [1.29, 1.82) is 0 Å². The molecule has 29 aromatic rings. The highest BCUT2D eigenvalue weighted by Gasteiger charge is 2.23. The van der Waals surface area contributed by atoms with Crippen molar-refractivity contribution >= 4 is 163 Å². The summed E-state index contributed by atoms with van der Waals surface area (Å²) in [5.41, 5.74) is 33.9. The number of aromatic nitrogens is 6. The van der Waals surface area contributed by atoms with Crippen molar-refractivity contribution in [2.75, 3.05) is 0 Å². The molecule has 6 heterocycles. The summed E-state index contributed by atoms with van der Waals surface area (Å²) in [5.74, 6) is 0. The lowest BCUT2D eigenvalue weighted by atomic mass is 10.0. The Kier molecular flexibility index (Phi) is 18.9. The normalized spacial score (nSPS) is 11.8. The van der Waals surface area contributed by atoms with Crippen molar-refractivity contribution < 1.29 is 0 Å². The van der Waals surface area contributed by atoms with E-state index in [1.165, 1.54) is 253 Å². The van der Waals surface area contributed by atoms with Gasteiger partial charge in [-0.2, -0.15) is 0 Å². The number of fused-ring (bicyclic) bond motifs is 21. The molecule has 0 unspecified atom stereocenters. The van der Waals surface area contributed by atoms with Crippen LogP contribution in [0.4, 0.5) is 0 Å². The third-order valence-corrected chi connectivity index (χ3v) is 28.5. The van der Waals surface area contributed by atoms with E-state index in [0.29, 0.717) is 0 Å². The summed E-state index contributed by atoms with van der Waals surface area (Å²) in [7, 11) is 0. The summed E-state index contributed by atoms with van der Waals surface area (Å²) in [4.78, 5) is 0. The highest BCUT2D eigenvalue weighted by atomic mass is 15.0. The van der Waals surface area contributed by atoms with Gasteiger partial charge in [0.05, 0.1) is 66.2 Å². The van der Waals surface area contributed by atoms with Gasteiger partial charge < -0.3 is 27.4 Å². The number of hydrogen-bond donors (Lipinski definition) is 0. The SMILES string of the molecule is c1ccc(-c2ccc(-n3c4ccccc4c4cc(-c5ccc6c(c5)c5ccccc5n6-c5ccccc5)ccc43)cc2)cc1.c1ccc(-c2cccc(-n3c4ccccc4c4cc(-c5ccc6c(c5)c5ccccc5n6-c5ccc6ccccc6c5)ccc43)c2)cc1.c1ccc2cc(-n3c4ccccc4c4cc(-c5ccc6c(c5)c5ccccc5n6-c5ccc6ccccc6c5)ccc43)ccc2c1. The van der Waals surface area contributed by atoms with Gasteiger partial charge in [-0.3, -0.25) is 0 Å². The molecule has 0 aliphatic rings. The lowest BCUT2D eigenvalue weighted by Crippen LogP contribution is -1.94. The van der Waals surface area contributed by atoms with Gasteiger partial charge in [-0.05, 0) is 270 Å². The Morgan fingerprint density at radius 1 is 0.0870 bits per heavy atom. The molecule has 0 aliphatic carbocycles. The Balaban J connectivity index is 0.000000105. The van der Waals surface area contributed by atoms with Crippen LogP contribution in [0, 0.1) is 0 Å². The summed E-state index contributed by atoms with van der Waals surface area (Å²) in [6, 6.07) is 190.